The number of halogens is 2. The lowest BCUT2D eigenvalue weighted by Crippen LogP contribution is -2.45. The van der Waals surface area contributed by atoms with Gasteiger partial charge in [0.1, 0.15) is 22.5 Å². The molecule has 3 aromatic carbocycles. The lowest BCUT2D eigenvalue weighted by molar-refractivity contribution is -0.117. The SMILES string of the molecule is COc1ccc(C)cc1S(=O)(=O)N[C@@H](Cc1ccccc1)C(=O)Nc1ccc(Br)cc1F. The molecule has 0 fully saturated rings. The maximum atomic E-state index is 14.2. The van der Waals surface area contributed by atoms with E-state index in [-0.39, 0.29) is 22.8 Å². The van der Waals surface area contributed by atoms with E-state index in [4.69, 9.17) is 4.74 Å². The van der Waals surface area contributed by atoms with Gasteiger partial charge in [-0.2, -0.15) is 4.72 Å². The molecule has 1 atom stereocenters. The summed E-state index contributed by atoms with van der Waals surface area (Å²) >= 11 is 3.16. The van der Waals surface area contributed by atoms with Crippen molar-refractivity contribution in [1.82, 2.24) is 4.72 Å². The summed E-state index contributed by atoms with van der Waals surface area (Å²) in [6.45, 7) is 1.75. The van der Waals surface area contributed by atoms with E-state index in [2.05, 4.69) is 26.0 Å². The lowest BCUT2D eigenvalue weighted by atomic mass is 10.1. The van der Waals surface area contributed by atoms with Crippen molar-refractivity contribution in [2.75, 3.05) is 12.4 Å². The fourth-order valence-electron chi connectivity index (χ4n) is 3.09. The van der Waals surface area contributed by atoms with Crippen LogP contribution in [0.15, 0.2) is 76.1 Å². The van der Waals surface area contributed by atoms with Crippen molar-refractivity contribution in [3.8, 4) is 5.75 Å². The number of ether oxygens (including phenoxy) is 1. The molecule has 0 bridgehead atoms. The number of rotatable bonds is 8. The minimum absolute atomic E-state index is 0.0522. The van der Waals surface area contributed by atoms with Gasteiger partial charge in [0.2, 0.25) is 15.9 Å². The zero-order valence-corrected chi connectivity index (χ0v) is 19.8. The minimum atomic E-state index is -4.14. The van der Waals surface area contributed by atoms with Gasteiger partial charge in [-0.25, -0.2) is 12.8 Å². The normalized spacial score (nSPS) is 12.2. The van der Waals surface area contributed by atoms with E-state index in [0.717, 1.165) is 5.56 Å². The number of aryl methyl sites for hydroxylation is 1. The summed E-state index contributed by atoms with van der Waals surface area (Å²) < 4.78 is 48.8. The van der Waals surface area contributed by atoms with Crippen molar-refractivity contribution in [2.45, 2.75) is 24.3 Å². The topological polar surface area (TPSA) is 84.5 Å². The summed E-state index contributed by atoms with van der Waals surface area (Å²) in [6, 6.07) is 16.7. The molecule has 6 nitrogen and oxygen atoms in total. The van der Waals surface area contributed by atoms with E-state index in [9.17, 15) is 17.6 Å². The molecule has 0 saturated heterocycles. The van der Waals surface area contributed by atoms with Gasteiger partial charge in [0.15, 0.2) is 0 Å². The Morgan fingerprint density at radius 2 is 1.81 bits per heavy atom. The molecule has 2 N–H and O–H groups in total. The molecule has 0 aliphatic rings. The molecule has 32 heavy (non-hydrogen) atoms. The van der Waals surface area contributed by atoms with Gasteiger partial charge in [0.05, 0.1) is 12.8 Å². The van der Waals surface area contributed by atoms with Crippen LogP contribution in [0, 0.1) is 12.7 Å². The zero-order valence-electron chi connectivity index (χ0n) is 17.4. The molecular weight excluding hydrogens is 499 g/mol. The highest BCUT2D eigenvalue weighted by Gasteiger charge is 2.29. The summed E-state index contributed by atoms with van der Waals surface area (Å²) in [5.74, 6) is -1.18. The zero-order chi connectivity index (χ0) is 23.3. The van der Waals surface area contributed by atoms with E-state index in [1.54, 1.807) is 49.4 Å². The molecule has 0 aliphatic heterocycles. The van der Waals surface area contributed by atoms with Crippen LogP contribution in [0.4, 0.5) is 10.1 Å². The van der Waals surface area contributed by atoms with Crippen molar-refractivity contribution in [1.29, 1.82) is 0 Å². The summed E-state index contributed by atoms with van der Waals surface area (Å²) in [6.07, 6.45) is 0.0676. The van der Waals surface area contributed by atoms with Crippen LogP contribution < -0.4 is 14.8 Å². The molecule has 0 spiro atoms. The Bertz CT molecular complexity index is 1220. The van der Waals surface area contributed by atoms with Crippen molar-refractivity contribution in [2.24, 2.45) is 0 Å². The highest BCUT2D eigenvalue weighted by atomic mass is 79.9. The average molecular weight is 521 g/mol. The van der Waals surface area contributed by atoms with Crippen molar-refractivity contribution >= 4 is 37.5 Å². The maximum Gasteiger partial charge on any atom is 0.245 e. The summed E-state index contributed by atoms with van der Waals surface area (Å²) in [5.41, 5.74) is 1.40. The van der Waals surface area contributed by atoms with E-state index < -0.39 is 27.8 Å². The van der Waals surface area contributed by atoms with Crippen LogP contribution in [-0.4, -0.2) is 27.5 Å². The Kier molecular flexibility index (Phi) is 7.65. The van der Waals surface area contributed by atoms with Crippen LogP contribution in [0.1, 0.15) is 11.1 Å². The molecule has 3 rings (SSSR count). The van der Waals surface area contributed by atoms with E-state index in [1.807, 2.05) is 6.07 Å². The number of carbonyl (C=O) groups is 1. The van der Waals surface area contributed by atoms with Crippen LogP contribution in [-0.2, 0) is 21.2 Å². The van der Waals surface area contributed by atoms with E-state index in [0.29, 0.717) is 10.0 Å². The number of carbonyl (C=O) groups excluding carboxylic acids is 1. The van der Waals surface area contributed by atoms with Crippen LogP contribution in [0.2, 0.25) is 0 Å². The molecule has 0 saturated carbocycles. The second-order valence-corrected chi connectivity index (χ2v) is 9.73. The second-order valence-electron chi connectivity index (χ2n) is 7.13. The molecule has 0 heterocycles. The number of methoxy groups -OCH3 is 1. The summed E-state index contributed by atoms with van der Waals surface area (Å²) in [4.78, 5) is 13.0. The molecule has 1 amide bonds. The Labute approximate surface area is 195 Å². The Balaban J connectivity index is 1.93. The van der Waals surface area contributed by atoms with Crippen LogP contribution in [0.25, 0.3) is 0 Å². The van der Waals surface area contributed by atoms with Crippen LogP contribution in [0.3, 0.4) is 0 Å². The fraction of sp³-hybridized carbons (Fsp3) is 0.174. The highest BCUT2D eigenvalue weighted by Crippen LogP contribution is 2.25. The third-order valence-corrected chi connectivity index (χ3v) is 6.68. The van der Waals surface area contributed by atoms with Gasteiger partial charge < -0.3 is 10.1 Å². The molecule has 168 valence electrons. The van der Waals surface area contributed by atoms with Crippen LogP contribution in [0.5, 0.6) is 5.75 Å². The summed E-state index contributed by atoms with van der Waals surface area (Å²) in [5, 5.41) is 2.48. The number of amides is 1. The predicted octanol–water partition coefficient (Wildman–Crippen LogP) is 4.43. The van der Waals surface area contributed by atoms with E-state index >= 15 is 0 Å². The third-order valence-electron chi connectivity index (χ3n) is 4.69. The van der Waals surface area contributed by atoms with Gasteiger partial charge in [-0.05, 0) is 54.8 Å². The van der Waals surface area contributed by atoms with Gasteiger partial charge in [0, 0.05) is 4.47 Å². The number of sulfonamides is 1. The molecule has 9 heteroatoms. The van der Waals surface area contributed by atoms with Gasteiger partial charge in [-0.1, -0.05) is 52.3 Å². The van der Waals surface area contributed by atoms with Crippen LogP contribution >= 0.6 is 15.9 Å². The number of benzene rings is 3. The fourth-order valence-corrected chi connectivity index (χ4v) is 4.88. The Hall–Kier alpha value is -2.75. The third kappa shape index (κ3) is 5.93. The molecule has 0 unspecified atom stereocenters. The Morgan fingerprint density at radius 1 is 1.09 bits per heavy atom. The number of nitrogens with one attached hydrogen (secondary N) is 2. The van der Waals surface area contributed by atoms with Crippen molar-refractivity contribution in [3.63, 3.8) is 0 Å². The smallest absolute Gasteiger partial charge is 0.245 e. The van der Waals surface area contributed by atoms with Gasteiger partial charge in [0.25, 0.3) is 0 Å². The first-order chi connectivity index (χ1) is 15.2. The molecule has 0 radical (unpaired) electrons. The van der Waals surface area contributed by atoms with Crippen molar-refractivity contribution < 1.29 is 22.3 Å². The second kappa shape index (κ2) is 10.2. The molecule has 0 aliphatic carbocycles. The lowest BCUT2D eigenvalue weighted by Gasteiger charge is -2.20. The quantitative estimate of drug-likeness (QED) is 0.460. The number of anilines is 1. The first kappa shape index (κ1) is 23.9. The standard InChI is InChI=1S/C23H22BrFN2O4S/c1-15-8-11-21(31-2)22(12-15)32(29,30)27-20(13-16-6-4-3-5-7-16)23(28)26-19-10-9-17(24)14-18(19)25/h3-12,14,20,27H,13H2,1-2H3,(H,26,28)/t20-/m0/s1. The minimum Gasteiger partial charge on any atom is -0.495 e. The molecular formula is C23H22BrFN2O4S. The Morgan fingerprint density at radius 3 is 2.47 bits per heavy atom. The largest absolute Gasteiger partial charge is 0.495 e. The first-order valence-electron chi connectivity index (χ1n) is 9.66. The maximum absolute atomic E-state index is 14.2. The highest BCUT2D eigenvalue weighted by molar-refractivity contribution is 9.10. The molecule has 3 aromatic rings. The van der Waals surface area contributed by atoms with Crippen molar-refractivity contribution in [3.05, 3.63) is 88.1 Å². The van der Waals surface area contributed by atoms with E-state index in [1.165, 1.54) is 25.3 Å². The number of hydrogen-bond donors (Lipinski definition) is 2. The number of hydrogen-bond acceptors (Lipinski definition) is 4. The molecule has 0 aromatic heterocycles. The summed E-state index contributed by atoms with van der Waals surface area (Å²) in [7, 11) is -2.77. The predicted molar refractivity (Wildman–Crippen MR) is 125 cm³/mol. The van der Waals surface area contributed by atoms with Gasteiger partial charge in [-0.15, -0.1) is 0 Å². The van der Waals surface area contributed by atoms with Gasteiger partial charge in [-0.3, -0.25) is 4.79 Å². The van der Waals surface area contributed by atoms with Gasteiger partial charge >= 0.3 is 0 Å². The first-order valence-corrected chi connectivity index (χ1v) is 11.9. The monoisotopic (exact) mass is 520 g/mol. The average Bonchev–Trinajstić information content (AvgIpc) is 2.75.